The number of anilines is 1. The Kier molecular flexibility index (Phi) is 5.53. The molecule has 1 heterocycles. The average Bonchev–Trinajstić information content (AvgIpc) is 3.00. The molecular weight excluding hydrogens is 304 g/mol. The minimum absolute atomic E-state index is 0.0372. The number of hydrogen-bond acceptors (Lipinski definition) is 3. The van der Waals surface area contributed by atoms with Crippen LogP contribution in [-0.4, -0.2) is 49.4 Å². The first-order chi connectivity index (χ1) is 11.7. The molecule has 1 aliphatic carbocycles. The van der Waals surface area contributed by atoms with Crippen LogP contribution < -0.4 is 5.32 Å². The quantitative estimate of drug-likeness (QED) is 0.666. The molecule has 0 unspecified atom stereocenters. The van der Waals surface area contributed by atoms with E-state index in [1.165, 1.54) is 5.56 Å². The summed E-state index contributed by atoms with van der Waals surface area (Å²) in [6.07, 6.45) is 3.83. The maximum absolute atomic E-state index is 12.7. The molecule has 1 saturated heterocycles. The monoisotopic (exact) mass is 330 g/mol. The van der Waals surface area contributed by atoms with Crippen molar-refractivity contribution in [2.75, 3.05) is 31.7 Å². The van der Waals surface area contributed by atoms with Gasteiger partial charge < -0.3 is 19.7 Å². The number of nitrogens with one attached hydrogen (secondary N) is 1. The molecule has 0 bridgehead atoms. The third kappa shape index (κ3) is 3.79. The Morgan fingerprint density at radius 1 is 1.42 bits per heavy atom. The van der Waals surface area contributed by atoms with E-state index in [2.05, 4.69) is 11.9 Å². The largest absolute Gasteiger partial charge is 0.377 e. The molecule has 1 N–H and O–H groups in total. The first kappa shape index (κ1) is 17.0. The van der Waals surface area contributed by atoms with Gasteiger partial charge in [0, 0.05) is 18.2 Å². The van der Waals surface area contributed by atoms with E-state index in [0.29, 0.717) is 32.3 Å². The number of amides is 2. The fourth-order valence-electron chi connectivity index (χ4n) is 3.63. The molecule has 1 saturated carbocycles. The van der Waals surface area contributed by atoms with Gasteiger partial charge in [0.25, 0.3) is 0 Å². The highest BCUT2D eigenvalue weighted by Gasteiger charge is 2.44. The van der Waals surface area contributed by atoms with Gasteiger partial charge in [0.05, 0.1) is 32.0 Å². The Bertz CT molecular complexity index is 572. The van der Waals surface area contributed by atoms with E-state index < -0.39 is 0 Å². The first-order valence-electron chi connectivity index (χ1n) is 8.63. The summed E-state index contributed by atoms with van der Waals surface area (Å²) in [6, 6.07) is 7.98. The number of fused-ring (bicyclic) bond motifs is 1. The number of carbonyl (C=O) groups is 1. The third-order valence-corrected chi connectivity index (χ3v) is 4.85. The summed E-state index contributed by atoms with van der Waals surface area (Å²) in [6.45, 7) is 8.15. The van der Waals surface area contributed by atoms with Gasteiger partial charge in [-0.3, -0.25) is 0 Å². The van der Waals surface area contributed by atoms with Crippen LogP contribution >= 0.6 is 0 Å². The number of ether oxygens (including phenoxy) is 2. The fourth-order valence-corrected chi connectivity index (χ4v) is 3.63. The molecule has 2 fully saturated rings. The maximum atomic E-state index is 12.7. The Hall–Kier alpha value is -1.85. The molecule has 130 valence electrons. The smallest absolute Gasteiger partial charge is 0.322 e. The van der Waals surface area contributed by atoms with E-state index in [4.69, 9.17) is 9.47 Å². The number of urea groups is 1. The van der Waals surface area contributed by atoms with Crippen LogP contribution in [0.5, 0.6) is 0 Å². The van der Waals surface area contributed by atoms with Crippen molar-refractivity contribution in [3.8, 4) is 0 Å². The lowest BCUT2D eigenvalue weighted by Crippen LogP contribution is -2.54. The van der Waals surface area contributed by atoms with Crippen LogP contribution in [0.25, 0.3) is 0 Å². The molecule has 1 aromatic rings. The maximum Gasteiger partial charge on any atom is 0.322 e. The van der Waals surface area contributed by atoms with Gasteiger partial charge >= 0.3 is 6.03 Å². The zero-order chi connectivity index (χ0) is 16.9. The van der Waals surface area contributed by atoms with Crippen LogP contribution in [0.1, 0.15) is 18.4 Å². The third-order valence-electron chi connectivity index (χ3n) is 4.85. The summed E-state index contributed by atoms with van der Waals surface area (Å²) in [5.41, 5.74) is 2.01. The molecule has 3 rings (SSSR count). The molecule has 2 amide bonds. The Morgan fingerprint density at radius 3 is 2.96 bits per heavy atom. The molecule has 0 radical (unpaired) electrons. The molecule has 1 aromatic carbocycles. The van der Waals surface area contributed by atoms with Crippen LogP contribution in [0.3, 0.4) is 0 Å². The average molecular weight is 330 g/mol. The van der Waals surface area contributed by atoms with E-state index in [1.807, 2.05) is 36.1 Å². The zero-order valence-electron chi connectivity index (χ0n) is 14.2. The van der Waals surface area contributed by atoms with Crippen molar-refractivity contribution in [3.63, 3.8) is 0 Å². The summed E-state index contributed by atoms with van der Waals surface area (Å²) in [5.74, 6) is 0.352. The van der Waals surface area contributed by atoms with Crippen molar-refractivity contribution in [1.82, 2.24) is 4.90 Å². The van der Waals surface area contributed by atoms with E-state index >= 15 is 0 Å². The predicted molar refractivity (Wildman–Crippen MR) is 94.2 cm³/mol. The summed E-state index contributed by atoms with van der Waals surface area (Å²) in [7, 11) is 0. The van der Waals surface area contributed by atoms with Crippen LogP contribution in [0, 0.1) is 12.8 Å². The van der Waals surface area contributed by atoms with Crippen molar-refractivity contribution in [3.05, 3.63) is 42.5 Å². The molecule has 2 aliphatic rings. The normalized spacial score (nSPS) is 26.0. The van der Waals surface area contributed by atoms with Crippen LogP contribution in [0.15, 0.2) is 36.9 Å². The van der Waals surface area contributed by atoms with Crippen molar-refractivity contribution in [1.29, 1.82) is 0 Å². The fraction of sp³-hybridized carbons (Fsp3) is 0.526. The number of carbonyl (C=O) groups excluding carboxylic acids is 1. The highest BCUT2D eigenvalue weighted by molar-refractivity contribution is 5.89. The molecular formula is C19H26N2O3. The standard InChI is InChI=1S/C19H26N2O3/c1-3-11-23-13-15-6-9-17-18(15)24-12-10-21(17)19(22)20-16-7-4-14(2)5-8-16/h3-5,7-8,15,17-18H,1,6,9-13H2,2H3,(H,20,22)/t15-,17-,18-/m1/s1. The van der Waals surface area contributed by atoms with Gasteiger partial charge in [-0.25, -0.2) is 4.79 Å². The van der Waals surface area contributed by atoms with Gasteiger partial charge in [-0.15, -0.1) is 6.58 Å². The van der Waals surface area contributed by atoms with E-state index in [1.54, 1.807) is 6.08 Å². The highest BCUT2D eigenvalue weighted by Crippen LogP contribution is 2.35. The molecule has 5 nitrogen and oxygen atoms in total. The number of morpholine rings is 1. The second-order valence-corrected chi connectivity index (χ2v) is 6.56. The predicted octanol–water partition coefficient (Wildman–Crippen LogP) is 3.21. The number of benzene rings is 1. The molecule has 3 atom stereocenters. The molecule has 24 heavy (non-hydrogen) atoms. The van der Waals surface area contributed by atoms with Crippen molar-refractivity contribution >= 4 is 11.7 Å². The number of hydrogen-bond donors (Lipinski definition) is 1. The van der Waals surface area contributed by atoms with Crippen molar-refractivity contribution in [2.24, 2.45) is 5.92 Å². The minimum atomic E-state index is -0.0372. The summed E-state index contributed by atoms with van der Waals surface area (Å²) in [4.78, 5) is 14.6. The van der Waals surface area contributed by atoms with E-state index in [9.17, 15) is 4.79 Å². The Morgan fingerprint density at radius 2 is 2.21 bits per heavy atom. The van der Waals surface area contributed by atoms with Gasteiger partial charge in [0.2, 0.25) is 0 Å². The molecule has 0 spiro atoms. The van der Waals surface area contributed by atoms with Crippen LogP contribution in [0.2, 0.25) is 0 Å². The van der Waals surface area contributed by atoms with Gasteiger partial charge in [0.15, 0.2) is 0 Å². The summed E-state index contributed by atoms with van der Waals surface area (Å²) >= 11 is 0. The molecule has 1 aliphatic heterocycles. The number of rotatable bonds is 5. The summed E-state index contributed by atoms with van der Waals surface area (Å²) < 4.78 is 11.6. The minimum Gasteiger partial charge on any atom is -0.377 e. The van der Waals surface area contributed by atoms with Gasteiger partial charge in [-0.1, -0.05) is 23.8 Å². The Labute approximate surface area is 143 Å². The SMILES string of the molecule is C=CCOC[C@H]1CC[C@@H]2[C@@H]1OCCN2C(=O)Nc1ccc(C)cc1. The van der Waals surface area contributed by atoms with E-state index in [0.717, 1.165) is 18.5 Å². The molecule has 5 heteroatoms. The van der Waals surface area contributed by atoms with Crippen molar-refractivity contribution in [2.45, 2.75) is 31.9 Å². The zero-order valence-corrected chi connectivity index (χ0v) is 14.2. The van der Waals surface area contributed by atoms with Gasteiger partial charge in [0.1, 0.15) is 0 Å². The van der Waals surface area contributed by atoms with Crippen LogP contribution in [-0.2, 0) is 9.47 Å². The van der Waals surface area contributed by atoms with Crippen LogP contribution in [0.4, 0.5) is 10.5 Å². The number of nitrogens with zero attached hydrogens (tertiary/aromatic N) is 1. The van der Waals surface area contributed by atoms with Gasteiger partial charge in [-0.05, 0) is 31.9 Å². The molecule has 0 aromatic heterocycles. The lowest BCUT2D eigenvalue weighted by atomic mass is 10.0. The summed E-state index contributed by atoms with van der Waals surface area (Å²) in [5, 5.41) is 3.01. The second kappa shape index (κ2) is 7.81. The lowest BCUT2D eigenvalue weighted by Gasteiger charge is -2.39. The topological polar surface area (TPSA) is 50.8 Å². The lowest BCUT2D eigenvalue weighted by molar-refractivity contribution is -0.0690. The Balaban J connectivity index is 1.60. The van der Waals surface area contributed by atoms with Gasteiger partial charge in [-0.2, -0.15) is 0 Å². The second-order valence-electron chi connectivity index (χ2n) is 6.56. The van der Waals surface area contributed by atoms with E-state index in [-0.39, 0.29) is 18.2 Å². The first-order valence-corrected chi connectivity index (χ1v) is 8.63. The highest BCUT2D eigenvalue weighted by atomic mass is 16.5. The van der Waals surface area contributed by atoms with Crippen molar-refractivity contribution < 1.29 is 14.3 Å². The number of aryl methyl sites for hydroxylation is 1.